The molecule has 6 atom stereocenters. The lowest BCUT2D eigenvalue weighted by Crippen LogP contribution is -2.45. The number of carbonyl (C=O) groups excluding carboxylic acids is 1. The number of nitrogens with zero attached hydrogens (tertiary/aromatic N) is 4. The highest BCUT2D eigenvalue weighted by atomic mass is 79.9. The molecule has 0 unspecified atom stereocenters. The van der Waals surface area contributed by atoms with Crippen LogP contribution in [0.3, 0.4) is 0 Å². The van der Waals surface area contributed by atoms with E-state index in [4.69, 9.17) is 37.9 Å². The van der Waals surface area contributed by atoms with Crippen molar-refractivity contribution < 1.29 is 35.9 Å². The molecule has 20 heteroatoms. The number of anilines is 3. The highest BCUT2D eigenvalue weighted by Gasteiger charge is 2.44. The fourth-order valence-electron chi connectivity index (χ4n) is 10.6. The molecule has 2 saturated carbocycles. The molecule has 10 rings (SSSR count). The van der Waals surface area contributed by atoms with Crippen LogP contribution in [0.2, 0.25) is 10.0 Å². The maximum Gasteiger partial charge on any atom is 0.412 e. The van der Waals surface area contributed by atoms with Crippen LogP contribution in [0.25, 0.3) is 11.1 Å². The van der Waals surface area contributed by atoms with Crippen molar-refractivity contribution in [3.05, 3.63) is 181 Å². The van der Waals surface area contributed by atoms with E-state index in [1.54, 1.807) is 45.3 Å². The van der Waals surface area contributed by atoms with Gasteiger partial charge in [0.15, 0.2) is 0 Å². The van der Waals surface area contributed by atoms with Crippen molar-refractivity contribution in [2.75, 3.05) is 16.0 Å². The minimum atomic E-state index is -4.51. The van der Waals surface area contributed by atoms with Crippen LogP contribution in [0, 0.1) is 0 Å². The number of halogens is 9. The first-order chi connectivity index (χ1) is 37.6. The summed E-state index contributed by atoms with van der Waals surface area (Å²) in [5, 5.41) is 15.9. The van der Waals surface area contributed by atoms with E-state index >= 15 is 0 Å². The zero-order chi connectivity index (χ0) is 56.1. The first-order valence-electron chi connectivity index (χ1n) is 26.3. The van der Waals surface area contributed by atoms with Crippen LogP contribution in [0.1, 0.15) is 136 Å². The average Bonchev–Trinajstić information content (AvgIpc) is 4.03. The first-order valence-corrected chi connectivity index (χ1v) is 27.8. The monoisotopic (exact) mass is 1210 g/mol. The third-order valence-electron chi connectivity index (χ3n) is 14.2. The number of hydrogen-bond donors (Lipinski definition) is 5. The van der Waals surface area contributed by atoms with Crippen molar-refractivity contribution in [3.8, 4) is 0 Å². The van der Waals surface area contributed by atoms with Gasteiger partial charge in [-0.2, -0.15) is 26.3 Å². The van der Waals surface area contributed by atoms with E-state index in [1.165, 1.54) is 47.5 Å². The minimum Gasteiger partial charge on any atom is -0.444 e. The summed E-state index contributed by atoms with van der Waals surface area (Å²) in [7, 11) is 0. The van der Waals surface area contributed by atoms with Gasteiger partial charge in [0, 0.05) is 45.5 Å². The Labute approximate surface area is 481 Å². The largest absolute Gasteiger partial charge is 0.444 e. The number of ether oxygens (including phenoxy) is 1. The summed E-state index contributed by atoms with van der Waals surface area (Å²) >= 11 is 16.2. The Morgan fingerprint density at radius 1 is 0.613 bits per heavy atom. The van der Waals surface area contributed by atoms with E-state index in [9.17, 15) is 31.1 Å². The second-order valence-electron chi connectivity index (χ2n) is 21.2. The Morgan fingerprint density at radius 3 is 1.45 bits per heavy atom. The van der Waals surface area contributed by atoms with Crippen molar-refractivity contribution in [1.29, 1.82) is 0 Å². The van der Waals surface area contributed by atoms with Crippen LogP contribution in [0.4, 0.5) is 48.7 Å². The summed E-state index contributed by atoms with van der Waals surface area (Å²) in [5.41, 5.74) is 7.78. The summed E-state index contributed by atoms with van der Waals surface area (Å²) in [5.74, 6) is 0.835. The molecule has 80 heavy (non-hydrogen) atoms. The molecule has 4 aromatic carbocycles. The molecule has 0 radical (unpaired) electrons. The van der Waals surface area contributed by atoms with Crippen LogP contribution in [0.5, 0.6) is 0 Å². The zero-order valence-electron chi connectivity index (χ0n) is 43.6. The molecule has 0 bridgehead atoms. The topological polar surface area (TPSA) is 138 Å². The van der Waals surface area contributed by atoms with Crippen molar-refractivity contribution >= 4 is 74.0 Å². The Hall–Kier alpha value is -6.05. The molecule has 4 aliphatic rings. The molecule has 11 nitrogen and oxygen atoms in total. The van der Waals surface area contributed by atoms with Gasteiger partial charge >= 0.3 is 18.4 Å². The second kappa shape index (κ2) is 25.8. The molecule has 5 N–H and O–H groups in total. The van der Waals surface area contributed by atoms with Crippen molar-refractivity contribution in [2.24, 2.45) is 0 Å². The lowest BCUT2D eigenvalue weighted by molar-refractivity contribution is -0.161. The van der Waals surface area contributed by atoms with Gasteiger partial charge in [-0.3, -0.25) is 16.0 Å². The maximum absolute atomic E-state index is 14.2. The summed E-state index contributed by atoms with van der Waals surface area (Å²) < 4.78 is 90.4. The predicted octanol–water partition coefficient (Wildman–Crippen LogP) is 16.2. The fraction of sp³-hybridized carbons (Fsp3) is 0.383. The van der Waals surface area contributed by atoms with Crippen molar-refractivity contribution in [3.63, 3.8) is 0 Å². The van der Waals surface area contributed by atoms with E-state index in [0.29, 0.717) is 64.7 Å². The normalized spacial score (nSPS) is 19.6. The molecule has 0 spiro atoms. The summed E-state index contributed by atoms with van der Waals surface area (Å²) in [6.07, 6.45) is 4.86. The van der Waals surface area contributed by atoms with Gasteiger partial charge in [-0.15, -0.1) is 0 Å². The molecule has 1 amide bonds. The SMILES string of the molecule is C.CC(C)(C)OC(=O)Nc1ccc([C@@H](N[C@H]2CCC[C@@H](Nc3ncc(Cl)c(C4=CCc5ccccc54)n3)C2)C(F)(F)F)cc1.FC(F)(F)[C@H](N[C@H]1CCC[C@@H](Nc2ncc(Cl)c(C3=CCc4ccccc43)n2)C1)c1ccc(Br)cc1. The van der Waals surface area contributed by atoms with Crippen molar-refractivity contribution in [1.82, 2.24) is 30.6 Å². The van der Waals surface area contributed by atoms with Gasteiger partial charge in [0.1, 0.15) is 17.7 Å². The van der Waals surface area contributed by atoms with Crippen LogP contribution < -0.4 is 26.6 Å². The molecule has 2 heterocycles. The van der Waals surface area contributed by atoms with Gasteiger partial charge in [0.2, 0.25) is 11.9 Å². The molecule has 6 aromatic rings. The quantitative estimate of drug-likeness (QED) is 0.0711. The van der Waals surface area contributed by atoms with Crippen LogP contribution in [-0.4, -0.2) is 68.2 Å². The van der Waals surface area contributed by atoms with Gasteiger partial charge in [0.05, 0.1) is 33.8 Å². The first kappa shape index (κ1) is 60.1. The van der Waals surface area contributed by atoms with E-state index in [1.807, 2.05) is 30.3 Å². The third-order valence-corrected chi connectivity index (χ3v) is 15.3. The van der Waals surface area contributed by atoms with E-state index in [2.05, 4.69) is 82.8 Å². The maximum atomic E-state index is 14.2. The minimum absolute atomic E-state index is 0. The second-order valence-corrected chi connectivity index (χ2v) is 23.0. The van der Waals surface area contributed by atoms with E-state index < -0.39 is 36.1 Å². The number of allylic oxidation sites excluding steroid dienone is 2. The Bertz CT molecular complexity index is 3170. The van der Waals surface area contributed by atoms with Gasteiger partial charge in [-0.1, -0.05) is 132 Å². The third kappa shape index (κ3) is 15.5. The van der Waals surface area contributed by atoms with Gasteiger partial charge < -0.3 is 15.4 Å². The number of benzene rings is 4. The number of fused-ring (bicyclic) bond motifs is 2. The number of aromatic nitrogens is 4. The summed E-state index contributed by atoms with van der Waals surface area (Å²) in [4.78, 5) is 30.2. The number of amides is 1. The van der Waals surface area contributed by atoms with Gasteiger partial charge in [-0.25, -0.2) is 24.7 Å². The molecule has 4 aliphatic carbocycles. The Balaban J connectivity index is 0.000000211. The van der Waals surface area contributed by atoms with Crippen LogP contribution in [-0.2, 0) is 17.6 Å². The van der Waals surface area contributed by atoms with E-state index in [-0.39, 0.29) is 42.7 Å². The molecule has 0 saturated heterocycles. The van der Waals surface area contributed by atoms with E-state index in [0.717, 1.165) is 65.3 Å². The van der Waals surface area contributed by atoms with Crippen molar-refractivity contribution in [2.45, 2.75) is 147 Å². The fourth-order valence-corrected chi connectivity index (χ4v) is 11.3. The highest BCUT2D eigenvalue weighted by molar-refractivity contribution is 9.10. The average molecular weight is 1210 g/mol. The number of nitrogens with one attached hydrogen (secondary N) is 5. The van der Waals surface area contributed by atoms with Gasteiger partial charge in [-0.05, 0) is 143 Å². The predicted molar refractivity (Wildman–Crippen MR) is 309 cm³/mol. The van der Waals surface area contributed by atoms with Crippen LogP contribution >= 0.6 is 39.1 Å². The number of alkyl halides is 6. The molecular formula is C60H64BrCl2F6N9O2. The molecular weight excluding hydrogens is 1140 g/mol. The zero-order valence-corrected chi connectivity index (χ0v) is 46.7. The molecule has 0 aliphatic heterocycles. The lowest BCUT2D eigenvalue weighted by atomic mass is 9.90. The molecule has 2 fully saturated rings. The summed E-state index contributed by atoms with van der Waals surface area (Å²) in [6, 6.07) is 23.7. The highest BCUT2D eigenvalue weighted by Crippen LogP contribution is 2.40. The number of rotatable bonds is 13. The molecule has 424 valence electrons. The number of hydrogen-bond acceptors (Lipinski definition) is 10. The Kier molecular flexibility index (Phi) is 19.4. The van der Waals surface area contributed by atoms with Crippen LogP contribution in [0.15, 0.2) is 126 Å². The standard InChI is InChI=1S/C32H35ClF3N5O2.C27H25BrClF3N4.CH4/c1-31(2,3)43-30(42)40-21-14-11-20(12-15-21)28(32(34,35)36)38-22-8-6-9-23(17-22)39-29-37-18-26(33)27(41-29)25-16-13-19-7-4-5-10-24(19)25;28-18-11-8-17(9-12-18)25(27(30,31)32)34-19-5-3-6-20(14-19)35-26-33-15-23(29)24(36-26)22-13-10-16-4-1-2-7-21(16)22;/h4-5,7,10-12,14-16,18,22-23,28,38H,6,8-9,13,17H2,1-3H3,(H,40,42)(H,37,39,41);1-2,4,7-9,11-13,15,19-20,25,34H,3,5-6,10,14H2,(H,33,35,36);1H4/t22-,23+,28+;19-,20+,25+;/m00./s1. The Morgan fingerprint density at radius 2 is 1.02 bits per heavy atom. The smallest absolute Gasteiger partial charge is 0.412 e. The number of carbonyl (C=O) groups is 1. The van der Waals surface area contributed by atoms with Gasteiger partial charge in [0.25, 0.3) is 0 Å². The summed E-state index contributed by atoms with van der Waals surface area (Å²) in [6.45, 7) is 5.19. The lowest BCUT2D eigenvalue weighted by Gasteiger charge is -2.34. The molecule has 2 aromatic heterocycles.